The number of nitrogens with zero attached hydrogens (tertiary/aromatic N) is 4. The minimum atomic E-state index is -2.00. The first-order valence-electron chi connectivity index (χ1n) is 11.5. The van der Waals surface area contributed by atoms with Crippen LogP contribution in [0, 0.1) is 0 Å². The van der Waals surface area contributed by atoms with Crippen LogP contribution in [0.3, 0.4) is 0 Å². The van der Waals surface area contributed by atoms with Crippen LogP contribution >= 0.6 is 0 Å². The molecule has 0 unspecified atom stereocenters. The molecule has 0 aromatic heterocycles. The van der Waals surface area contributed by atoms with Crippen molar-refractivity contribution in [2.75, 3.05) is 52.4 Å². The average Bonchev–Trinajstić information content (AvgIpc) is 2.68. The van der Waals surface area contributed by atoms with Gasteiger partial charge in [0, 0.05) is 0 Å². The standard InChI is InChI=1S/C20H50N4Si2/c1-11-21(12-2)25(19-9,20-10)26(22(13-3)14-4,23(15-5)16-6)24(17-7)18-8/h11-20H2,1-10H3. The Labute approximate surface area is 168 Å². The molecule has 0 aromatic carbocycles. The van der Waals surface area contributed by atoms with Gasteiger partial charge in [-0.05, 0) is 64.4 Å². The zero-order valence-electron chi connectivity index (χ0n) is 19.9. The number of hydrogen-bond acceptors (Lipinski definition) is 4. The van der Waals surface area contributed by atoms with Crippen LogP contribution in [-0.2, 0) is 0 Å². The Morgan fingerprint density at radius 2 is 0.615 bits per heavy atom. The molecule has 0 aliphatic heterocycles. The van der Waals surface area contributed by atoms with Gasteiger partial charge in [0.1, 0.15) is 0 Å². The summed E-state index contributed by atoms with van der Waals surface area (Å²) in [5.41, 5.74) is 0. The molecule has 158 valence electrons. The van der Waals surface area contributed by atoms with Gasteiger partial charge in [0.05, 0.1) is 0 Å². The Balaban J connectivity index is 7.09. The second-order valence-corrected chi connectivity index (χ2v) is 19.1. The maximum atomic E-state index is 2.95. The quantitative estimate of drug-likeness (QED) is 0.377. The monoisotopic (exact) mass is 402 g/mol. The topological polar surface area (TPSA) is 13.0 Å². The first-order valence-corrected chi connectivity index (χ1v) is 16.7. The largest absolute Gasteiger partial charge is 0.323 e. The summed E-state index contributed by atoms with van der Waals surface area (Å²) in [5, 5.41) is 0. The van der Waals surface area contributed by atoms with Crippen LogP contribution in [0.15, 0.2) is 0 Å². The molecule has 0 aromatic rings. The van der Waals surface area contributed by atoms with Crippen molar-refractivity contribution in [3.63, 3.8) is 0 Å². The van der Waals surface area contributed by atoms with Crippen LogP contribution in [0.1, 0.15) is 69.2 Å². The van der Waals surface area contributed by atoms with E-state index in [1.54, 1.807) is 0 Å². The van der Waals surface area contributed by atoms with E-state index in [-0.39, 0.29) is 0 Å². The van der Waals surface area contributed by atoms with E-state index in [0.29, 0.717) is 0 Å². The van der Waals surface area contributed by atoms with Gasteiger partial charge < -0.3 is 18.3 Å². The molecule has 0 fully saturated rings. The Morgan fingerprint density at radius 3 is 0.769 bits per heavy atom. The van der Waals surface area contributed by atoms with Crippen LogP contribution in [0.2, 0.25) is 12.1 Å². The molecule has 0 atom stereocenters. The molecule has 0 radical (unpaired) electrons. The summed E-state index contributed by atoms with van der Waals surface area (Å²) in [6.45, 7) is 33.6. The molecule has 0 aliphatic carbocycles. The lowest BCUT2D eigenvalue weighted by Gasteiger charge is -2.63. The average molecular weight is 403 g/mol. The van der Waals surface area contributed by atoms with Gasteiger partial charge in [0.25, 0.3) is 8.08 Å². The SMILES string of the molecule is CCN(CC)[Si](CC)(CC)[Si](N(CC)CC)(N(CC)CC)N(CC)CC. The summed E-state index contributed by atoms with van der Waals surface area (Å²) in [6, 6.07) is 2.72. The molecule has 0 saturated heterocycles. The van der Waals surface area contributed by atoms with Crippen LogP contribution < -0.4 is 0 Å². The van der Waals surface area contributed by atoms with E-state index in [1.807, 2.05) is 0 Å². The first-order chi connectivity index (χ1) is 12.4. The normalized spacial score (nSPS) is 13.6. The molecular weight excluding hydrogens is 352 g/mol. The third-order valence-electron chi connectivity index (χ3n) is 6.78. The molecule has 6 heteroatoms. The van der Waals surface area contributed by atoms with Gasteiger partial charge in [-0.15, -0.1) is 0 Å². The zero-order valence-corrected chi connectivity index (χ0v) is 21.9. The van der Waals surface area contributed by atoms with Gasteiger partial charge in [-0.2, -0.15) is 0 Å². The summed E-state index contributed by atoms with van der Waals surface area (Å²) >= 11 is 0. The Hall–Kier alpha value is 0.274. The fraction of sp³-hybridized carbons (Fsp3) is 1.00. The summed E-state index contributed by atoms with van der Waals surface area (Å²) in [7, 11) is -3.72. The van der Waals surface area contributed by atoms with E-state index in [1.165, 1.54) is 64.4 Å². The molecule has 0 spiro atoms. The Kier molecular flexibility index (Phi) is 12.8. The highest BCUT2D eigenvalue weighted by molar-refractivity contribution is 7.37. The molecule has 0 heterocycles. The van der Waals surface area contributed by atoms with Crippen LogP contribution in [0.25, 0.3) is 0 Å². The van der Waals surface area contributed by atoms with E-state index in [4.69, 9.17) is 0 Å². The Morgan fingerprint density at radius 1 is 0.385 bits per heavy atom. The summed E-state index contributed by atoms with van der Waals surface area (Å²) in [5.74, 6) is 0. The van der Waals surface area contributed by atoms with E-state index in [2.05, 4.69) is 87.5 Å². The predicted molar refractivity (Wildman–Crippen MR) is 124 cm³/mol. The highest BCUT2D eigenvalue weighted by Crippen LogP contribution is 2.38. The molecule has 0 rings (SSSR count). The van der Waals surface area contributed by atoms with Crippen molar-refractivity contribution in [2.45, 2.75) is 81.3 Å². The summed E-state index contributed by atoms with van der Waals surface area (Å²) in [4.78, 5) is 0. The third kappa shape index (κ3) is 4.30. The van der Waals surface area contributed by atoms with E-state index >= 15 is 0 Å². The Bertz CT molecular complexity index is 316. The van der Waals surface area contributed by atoms with Gasteiger partial charge in [-0.25, -0.2) is 0 Å². The van der Waals surface area contributed by atoms with Gasteiger partial charge >= 0.3 is 0 Å². The number of hydrogen-bond donors (Lipinski definition) is 0. The van der Waals surface area contributed by atoms with Crippen molar-refractivity contribution in [2.24, 2.45) is 0 Å². The molecule has 0 amide bonds. The highest BCUT2D eigenvalue weighted by Gasteiger charge is 2.65. The lowest BCUT2D eigenvalue weighted by molar-refractivity contribution is 0.272. The molecule has 0 saturated carbocycles. The van der Waals surface area contributed by atoms with Crippen molar-refractivity contribution in [3.8, 4) is 0 Å². The van der Waals surface area contributed by atoms with Gasteiger partial charge in [0.15, 0.2) is 7.75 Å². The predicted octanol–water partition coefficient (Wildman–Crippen LogP) is 4.36. The number of rotatable bonds is 15. The third-order valence-corrected chi connectivity index (χ3v) is 26.4. The van der Waals surface area contributed by atoms with Crippen LogP contribution in [0.4, 0.5) is 0 Å². The second-order valence-electron chi connectivity index (χ2n) is 7.06. The molecular formula is C20H50N4Si2. The fourth-order valence-electron chi connectivity index (χ4n) is 5.69. The maximum absolute atomic E-state index is 2.95. The van der Waals surface area contributed by atoms with Gasteiger partial charge in [0.2, 0.25) is 0 Å². The van der Waals surface area contributed by atoms with Gasteiger partial charge in [-0.1, -0.05) is 69.2 Å². The van der Waals surface area contributed by atoms with E-state index in [0.717, 1.165) is 0 Å². The van der Waals surface area contributed by atoms with Crippen molar-refractivity contribution in [1.29, 1.82) is 0 Å². The highest BCUT2D eigenvalue weighted by atomic mass is 29.3. The van der Waals surface area contributed by atoms with Gasteiger partial charge in [-0.3, -0.25) is 0 Å². The van der Waals surface area contributed by atoms with Crippen LogP contribution in [0.5, 0.6) is 0 Å². The lowest BCUT2D eigenvalue weighted by Crippen LogP contribution is -2.91. The van der Waals surface area contributed by atoms with Crippen molar-refractivity contribution < 1.29 is 0 Å². The molecule has 26 heavy (non-hydrogen) atoms. The molecule has 0 N–H and O–H groups in total. The minimum absolute atomic E-state index is 1.17. The molecule has 0 aliphatic rings. The van der Waals surface area contributed by atoms with Crippen molar-refractivity contribution >= 4 is 15.8 Å². The van der Waals surface area contributed by atoms with Crippen LogP contribution in [-0.4, -0.2) is 86.4 Å². The van der Waals surface area contributed by atoms with E-state index in [9.17, 15) is 0 Å². The fourth-order valence-corrected chi connectivity index (χ4v) is 28.5. The minimum Gasteiger partial charge on any atom is -0.323 e. The first kappa shape index (κ1) is 26.3. The molecule has 0 bridgehead atoms. The second kappa shape index (κ2) is 12.7. The van der Waals surface area contributed by atoms with E-state index < -0.39 is 15.8 Å². The zero-order chi connectivity index (χ0) is 20.4. The summed E-state index contributed by atoms with van der Waals surface area (Å²) < 4.78 is 11.8. The smallest absolute Gasteiger partial charge is 0.288 e. The van der Waals surface area contributed by atoms with Crippen molar-refractivity contribution in [3.05, 3.63) is 0 Å². The lowest BCUT2D eigenvalue weighted by atomic mass is 10.6. The van der Waals surface area contributed by atoms with Crippen molar-refractivity contribution in [1.82, 2.24) is 18.3 Å². The summed E-state index contributed by atoms with van der Waals surface area (Å²) in [6.07, 6.45) is 0. The maximum Gasteiger partial charge on any atom is 0.288 e. The molecule has 4 nitrogen and oxygen atoms in total.